The number of rotatable bonds is 0. The number of hydrogen-bond donors (Lipinski definition) is 2. The number of nitrogen functional groups attached to an aromatic ring is 1. The van der Waals surface area contributed by atoms with Crippen LogP contribution in [0.2, 0.25) is 0 Å². The highest BCUT2D eigenvalue weighted by Crippen LogP contribution is 2.18. The predicted molar refractivity (Wildman–Crippen MR) is 43.8 cm³/mol. The largest absolute Gasteiger partial charge is 0.383 e. The zero-order chi connectivity index (χ0) is 9.59. The van der Waals surface area contributed by atoms with Gasteiger partial charge < -0.3 is 5.73 Å². The molecule has 2 heterocycles. The van der Waals surface area contributed by atoms with E-state index < -0.39 is 5.91 Å². The molecule has 0 fully saturated rings. The van der Waals surface area contributed by atoms with Crippen LogP contribution in [0.3, 0.4) is 0 Å². The maximum Gasteiger partial charge on any atom is 0.263 e. The molecule has 1 aliphatic heterocycles. The van der Waals surface area contributed by atoms with Crippen molar-refractivity contribution in [2.75, 3.05) is 5.73 Å². The van der Waals surface area contributed by atoms with Crippen LogP contribution in [0.5, 0.6) is 0 Å². The second-order valence-electron chi connectivity index (χ2n) is 2.88. The summed E-state index contributed by atoms with van der Waals surface area (Å²) in [7, 11) is 1.63. The van der Waals surface area contributed by atoms with E-state index in [1.165, 1.54) is 4.68 Å². The first-order valence-electron chi connectivity index (χ1n) is 3.75. The highest BCUT2D eigenvalue weighted by Gasteiger charge is 2.28. The summed E-state index contributed by atoms with van der Waals surface area (Å²) in [4.78, 5) is 22.2. The first-order chi connectivity index (χ1) is 6.09. The van der Waals surface area contributed by atoms with Crippen LogP contribution in [0.1, 0.15) is 16.1 Å². The molecule has 0 aliphatic carbocycles. The Bertz CT molecular complexity index is 407. The van der Waals surface area contributed by atoms with Gasteiger partial charge in [-0.05, 0) is 0 Å². The van der Waals surface area contributed by atoms with Crippen molar-refractivity contribution < 1.29 is 9.59 Å². The fourth-order valence-corrected chi connectivity index (χ4v) is 1.35. The summed E-state index contributed by atoms with van der Waals surface area (Å²) in [5, 5.41) is 6.14. The third-order valence-electron chi connectivity index (χ3n) is 1.97. The Morgan fingerprint density at radius 3 is 2.92 bits per heavy atom. The molecule has 0 spiro atoms. The number of anilines is 1. The van der Waals surface area contributed by atoms with Gasteiger partial charge >= 0.3 is 0 Å². The van der Waals surface area contributed by atoms with Gasteiger partial charge in [-0.15, -0.1) is 0 Å². The summed E-state index contributed by atoms with van der Waals surface area (Å²) in [6.07, 6.45) is 0.117. The van der Waals surface area contributed by atoms with E-state index in [-0.39, 0.29) is 12.3 Å². The van der Waals surface area contributed by atoms with Crippen LogP contribution >= 0.6 is 0 Å². The molecule has 0 saturated heterocycles. The van der Waals surface area contributed by atoms with Crippen molar-refractivity contribution in [3.63, 3.8) is 0 Å². The van der Waals surface area contributed by atoms with Gasteiger partial charge in [-0.2, -0.15) is 5.10 Å². The van der Waals surface area contributed by atoms with Gasteiger partial charge in [0.15, 0.2) is 0 Å². The van der Waals surface area contributed by atoms with Gasteiger partial charge in [-0.25, -0.2) is 0 Å². The molecule has 13 heavy (non-hydrogen) atoms. The summed E-state index contributed by atoms with van der Waals surface area (Å²) in [5.41, 5.74) is 6.36. The van der Waals surface area contributed by atoms with E-state index in [1.54, 1.807) is 7.05 Å². The minimum atomic E-state index is -0.461. The number of nitrogens with one attached hydrogen (secondary N) is 1. The van der Waals surface area contributed by atoms with Crippen molar-refractivity contribution >= 4 is 17.6 Å². The molecule has 0 aromatic carbocycles. The van der Waals surface area contributed by atoms with Crippen molar-refractivity contribution in [1.29, 1.82) is 0 Å². The van der Waals surface area contributed by atoms with Gasteiger partial charge in [0, 0.05) is 7.05 Å². The van der Waals surface area contributed by atoms with Gasteiger partial charge in [0.05, 0.1) is 12.1 Å². The Balaban J connectivity index is 2.62. The molecule has 0 saturated carbocycles. The number of imide groups is 1. The molecule has 6 heteroatoms. The summed E-state index contributed by atoms with van der Waals surface area (Å²) in [6.45, 7) is 0. The number of fused-ring (bicyclic) bond motifs is 1. The van der Waals surface area contributed by atoms with Crippen LogP contribution in [0, 0.1) is 0 Å². The maximum atomic E-state index is 11.3. The number of aromatic nitrogens is 2. The van der Waals surface area contributed by atoms with E-state index in [9.17, 15) is 9.59 Å². The molecule has 68 valence electrons. The number of amides is 2. The zero-order valence-corrected chi connectivity index (χ0v) is 7.00. The fraction of sp³-hybridized carbons (Fsp3) is 0.286. The minimum absolute atomic E-state index is 0.117. The fourth-order valence-electron chi connectivity index (χ4n) is 1.35. The number of nitrogens with two attached hydrogens (primary N) is 1. The lowest BCUT2D eigenvalue weighted by molar-refractivity contribution is -0.119. The van der Waals surface area contributed by atoms with E-state index in [1.807, 2.05) is 0 Å². The molecular formula is C7H8N4O2. The molecule has 1 aliphatic rings. The van der Waals surface area contributed by atoms with E-state index >= 15 is 0 Å². The second kappa shape index (κ2) is 2.32. The van der Waals surface area contributed by atoms with Gasteiger partial charge in [0.1, 0.15) is 11.4 Å². The molecule has 2 rings (SSSR count). The van der Waals surface area contributed by atoms with Crippen LogP contribution in [0.4, 0.5) is 5.82 Å². The quantitative estimate of drug-likeness (QED) is 0.491. The SMILES string of the molecule is Cn1nc2c(c1N)C(=O)NC(=O)C2. The molecule has 0 atom stereocenters. The monoisotopic (exact) mass is 180 g/mol. The molecule has 1 aromatic heterocycles. The van der Waals surface area contributed by atoms with E-state index in [4.69, 9.17) is 5.73 Å². The van der Waals surface area contributed by atoms with Crippen molar-refractivity contribution in [2.24, 2.45) is 7.05 Å². The third-order valence-corrected chi connectivity index (χ3v) is 1.97. The van der Waals surface area contributed by atoms with E-state index in [2.05, 4.69) is 10.4 Å². The Kier molecular flexibility index (Phi) is 1.39. The molecule has 3 N–H and O–H groups in total. The van der Waals surface area contributed by atoms with Crippen LogP contribution in [0.25, 0.3) is 0 Å². The van der Waals surface area contributed by atoms with Gasteiger partial charge in [-0.3, -0.25) is 19.6 Å². The number of carbonyl (C=O) groups excluding carboxylic acids is 2. The van der Waals surface area contributed by atoms with Crippen LogP contribution in [-0.2, 0) is 18.3 Å². The molecular weight excluding hydrogens is 172 g/mol. The smallest absolute Gasteiger partial charge is 0.263 e. The van der Waals surface area contributed by atoms with Crippen LogP contribution in [0.15, 0.2) is 0 Å². The molecule has 0 bridgehead atoms. The Morgan fingerprint density at radius 1 is 1.54 bits per heavy atom. The van der Waals surface area contributed by atoms with Crippen molar-refractivity contribution in [3.05, 3.63) is 11.3 Å². The van der Waals surface area contributed by atoms with E-state index in [0.29, 0.717) is 17.1 Å². The highest BCUT2D eigenvalue weighted by molar-refractivity contribution is 6.11. The Morgan fingerprint density at radius 2 is 2.23 bits per heavy atom. The number of carbonyl (C=O) groups is 2. The lowest BCUT2D eigenvalue weighted by atomic mass is 10.1. The van der Waals surface area contributed by atoms with Gasteiger partial charge in [0.25, 0.3) is 5.91 Å². The topological polar surface area (TPSA) is 90.0 Å². The molecule has 0 radical (unpaired) electrons. The molecule has 0 unspecified atom stereocenters. The Labute approximate surface area is 73.7 Å². The van der Waals surface area contributed by atoms with Gasteiger partial charge in [-0.1, -0.05) is 0 Å². The molecule has 6 nitrogen and oxygen atoms in total. The average molecular weight is 180 g/mol. The standard InChI is InChI=1S/C7H8N4O2/c1-11-6(8)5-3(10-11)2-4(12)9-7(5)13/h2,8H2,1H3,(H,9,12,13). The number of hydrogen-bond acceptors (Lipinski definition) is 4. The normalized spacial score (nSPS) is 15.5. The third kappa shape index (κ3) is 0.986. The first kappa shape index (κ1) is 7.78. The van der Waals surface area contributed by atoms with Crippen molar-refractivity contribution in [3.8, 4) is 0 Å². The second-order valence-corrected chi connectivity index (χ2v) is 2.88. The lowest BCUT2D eigenvalue weighted by Gasteiger charge is -2.09. The summed E-state index contributed by atoms with van der Waals surface area (Å²) in [5.74, 6) is -0.507. The summed E-state index contributed by atoms with van der Waals surface area (Å²) >= 11 is 0. The molecule has 1 aromatic rings. The minimum Gasteiger partial charge on any atom is -0.383 e. The Hall–Kier alpha value is -1.85. The summed E-state index contributed by atoms with van der Waals surface area (Å²) in [6, 6.07) is 0. The lowest BCUT2D eigenvalue weighted by Crippen LogP contribution is -2.37. The average Bonchev–Trinajstić information content (AvgIpc) is 2.27. The van der Waals surface area contributed by atoms with Crippen molar-refractivity contribution in [1.82, 2.24) is 15.1 Å². The molecule has 2 amide bonds. The first-order valence-corrected chi connectivity index (χ1v) is 3.75. The van der Waals surface area contributed by atoms with Gasteiger partial charge in [0.2, 0.25) is 5.91 Å². The highest BCUT2D eigenvalue weighted by atomic mass is 16.2. The number of nitrogens with zero attached hydrogens (tertiary/aromatic N) is 2. The number of aryl methyl sites for hydroxylation is 1. The summed E-state index contributed by atoms with van der Waals surface area (Å²) < 4.78 is 1.39. The zero-order valence-electron chi connectivity index (χ0n) is 7.00. The van der Waals surface area contributed by atoms with Crippen LogP contribution < -0.4 is 11.1 Å². The van der Waals surface area contributed by atoms with Crippen LogP contribution in [-0.4, -0.2) is 21.6 Å². The predicted octanol–water partition coefficient (Wildman–Crippen LogP) is -1.19. The van der Waals surface area contributed by atoms with Crippen molar-refractivity contribution in [2.45, 2.75) is 6.42 Å². The van der Waals surface area contributed by atoms with E-state index in [0.717, 1.165) is 0 Å². The maximum absolute atomic E-state index is 11.3.